The third-order valence-electron chi connectivity index (χ3n) is 0.887. The summed E-state index contributed by atoms with van der Waals surface area (Å²) in [5.74, 6) is 0. The number of rotatable bonds is 4. The molecule has 0 aromatic heterocycles. The van der Waals surface area contributed by atoms with Gasteiger partial charge < -0.3 is 4.74 Å². The minimum absolute atomic E-state index is 0.656. The van der Waals surface area contributed by atoms with Crippen LogP contribution < -0.4 is 0 Å². The molecule has 2 heteroatoms. The van der Waals surface area contributed by atoms with Gasteiger partial charge in [-0.25, -0.2) is 0 Å². The standard InChI is InChI=1S/C6H11NO/c1-8-6-4-2-3-5-7/h2-4,6H2,1H3. The Morgan fingerprint density at radius 1 is 1.50 bits per heavy atom. The van der Waals surface area contributed by atoms with Crippen LogP contribution in [0.2, 0.25) is 0 Å². The van der Waals surface area contributed by atoms with Crippen LogP contribution in [0.3, 0.4) is 0 Å². The third-order valence-corrected chi connectivity index (χ3v) is 0.887. The smallest absolute Gasteiger partial charge is 0.0621 e. The van der Waals surface area contributed by atoms with E-state index >= 15 is 0 Å². The van der Waals surface area contributed by atoms with E-state index in [-0.39, 0.29) is 0 Å². The largest absolute Gasteiger partial charge is 0.385 e. The lowest BCUT2D eigenvalue weighted by Gasteiger charge is -1.91. The van der Waals surface area contributed by atoms with Crippen molar-refractivity contribution in [3.05, 3.63) is 0 Å². The van der Waals surface area contributed by atoms with Crippen molar-refractivity contribution in [1.82, 2.24) is 0 Å². The van der Waals surface area contributed by atoms with Crippen molar-refractivity contribution < 1.29 is 4.74 Å². The van der Waals surface area contributed by atoms with Gasteiger partial charge in [0, 0.05) is 20.1 Å². The molecule has 0 aliphatic rings. The monoisotopic (exact) mass is 113 g/mol. The zero-order chi connectivity index (χ0) is 6.24. The number of nitrogens with zero attached hydrogens (tertiary/aromatic N) is 1. The van der Waals surface area contributed by atoms with Crippen LogP contribution in [0.25, 0.3) is 0 Å². The predicted octanol–water partition coefficient (Wildman–Crippen LogP) is 1.33. The molecule has 0 aliphatic heterocycles. The molecule has 0 unspecified atom stereocenters. The van der Waals surface area contributed by atoms with Gasteiger partial charge in [-0.05, 0) is 12.8 Å². The van der Waals surface area contributed by atoms with Crippen molar-refractivity contribution in [2.24, 2.45) is 0 Å². The SMILES string of the molecule is COCCCCC#N. The molecule has 0 bridgehead atoms. The highest BCUT2D eigenvalue weighted by Gasteiger charge is 1.83. The second kappa shape index (κ2) is 6.45. The zero-order valence-corrected chi connectivity index (χ0v) is 5.18. The van der Waals surface area contributed by atoms with Crippen LogP contribution >= 0.6 is 0 Å². The molecule has 0 aliphatic carbocycles. The summed E-state index contributed by atoms with van der Waals surface area (Å²) in [6, 6.07) is 2.07. The van der Waals surface area contributed by atoms with E-state index in [2.05, 4.69) is 6.07 Å². The molecule has 0 saturated heterocycles. The molecule has 0 spiro atoms. The average Bonchev–Trinajstić information content (AvgIpc) is 1.81. The lowest BCUT2D eigenvalue weighted by Crippen LogP contribution is -1.86. The maximum atomic E-state index is 8.07. The number of ether oxygens (including phenoxy) is 1. The van der Waals surface area contributed by atoms with Gasteiger partial charge in [0.05, 0.1) is 6.07 Å². The number of hydrogen-bond donors (Lipinski definition) is 0. The summed E-state index contributed by atoms with van der Waals surface area (Å²) in [6.07, 6.45) is 2.62. The normalized spacial score (nSPS) is 8.50. The van der Waals surface area contributed by atoms with Gasteiger partial charge in [0.1, 0.15) is 0 Å². The molecule has 0 N–H and O–H groups in total. The maximum absolute atomic E-state index is 8.07. The van der Waals surface area contributed by atoms with Crippen LogP contribution in [-0.2, 0) is 4.74 Å². The Hall–Kier alpha value is -0.550. The first kappa shape index (κ1) is 7.45. The third kappa shape index (κ3) is 5.45. The van der Waals surface area contributed by atoms with E-state index in [0.29, 0.717) is 6.42 Å². The Morgan fingerprint density at radius 2 is 2.25 bits per heavy atom. The van der Waals surface area contributed by atoms with Crippen molar-refractivity contribution in [3.63, 3.8) is 0 Å². The maximum Gasteiger partial charge on any atom is 0.0621 e. The molecule has 0 radical (unpaired) electrons. The summed E-state index contributed by atoms with van der Waals surface area (Å²) < 4.78 is 4.78. The van der Waals surface area contributed by atoms with Crippen molar-refractivity contribution in [2.75, 3.05) is 13.7 Å². The van der Waals surface area contributed by atoms with E-state index in [9.17, 15) is 0 Å². The lowest BCUT2D eigenvalue weighted by atomic mass is 10.3. The predicted molar refractivity (Wildman–Crippen MR) is 31.3 cm³/mol. The first-order valence-corrected chi connectivity index (χ1v) is 2.77. The van der Waals surface area contributed by atoms with Crippen LogP contribution in [0.4, 0.5) is 0 Å². The molecule has 0 amide bonds. The number of unbranched alkanes of at least 4 members (excludes halogenated alkanes) is 2. The molecule has 0 rings (SSSR count). The second-order valence-corrected chi connectivity index (χ2v) is 1.61. The van der Waals surface area contributed by atoms with Gasteiger partial charge in [-0.3, -0.25) is 0 Å². The Bertz CT molecular complexity index is 75.1. The average molecular weight is 113 g/mol. The van der Waals surface area contributed by atoms with E-state index in [1.54, 1.807) is 7.11 Å². The molecular weight excluding hydrogens is 102 g/mol. The quantitative estimate of drug-likeness (QED) is 0.515. The molecule has 8 heavy (non-hydrogen) atoms. The number of nitriles is 1. The van der Waals surface area contributed by atoms with Crippen LogP contribution in [0, 0.1) is 11.3 Å². The molecule has 0 saturated carbocycles. The van der Waals surface area contributed by atoms with Gasteiger partial charge in [0.15, 0.2) is 0 Å². The van der Waals surface area contributed by atoms with Gasteiger partial charge in [-0.1, -0.05) is 0 Å². The number of hydrogen-bond acceptors (Lipinski definition) is 2. The first-order valence-electron chi connectivity index (χ1n) is 2.77. The van der Waals surface area contributed by atoms with Crippen molar-refractivity contribution in [1.29, 1.82) is 5.26 Å². The Labute approximate surface area is 50.1 Å². The fourth-order valence-corrected chi connectivity index (χ4v) is 0.450. The summed E-state index contributed by atoms with van der Waals surface area (Å²) in [4.78, 5) is 0. The Balaban J connectivity index is 2.65. The second-order valence-electron chi connectivity index (χ2n) is 1.61. The van der Waals surface area contributed by atoms with Gasteiger partial charge in [-0.2, -0.15) is 5.26 Å². The van der Waals surface area contributed by atoms with E-state index in [4.69, 9.17) is 10.00 Å². The van der Waals surface area contributed by atoms with Crippen LogP contribution in [0.5, 0.6) is 0 Å². The van der Waals surface area contributed by atoms with E-state index in [0.717, 1.165) is 19.4 Å². The summed E-state index contributed by atoms with van der Waals surface area (Å²) in [7, 11) is 1.67. The highest BCUT2D eigenvalue weighted by atomic mass is 16.5. The van der Waals surface area contributed by atoms with Gasteiger partial charge in [0.2, 0.25) is 0 Å². The van der Waals surface area contributed by atoms with Crippen LogP contribution in [0.15, 0.2) is 0 Å². The Kier molecular flexibility index (Phi) is 6.01. The molecule has 0 aromatic rings. The van der Waals surface area contributed by atoms with E-state index in [1.165, 1.54) is 0 Å². The topological polar surface area (TPSA) is 33.0 Å². The summed E-state index contributed by atoms with van der Waals surface area (Å²) >= 11 is 0. The van der Waals surface area contributed by atoms with E-state index in [1.807, 2.05) is 0 Å². The molecule has 2 nitrogen and oxygen atoms in total. The highest BCUT2D eigenvalue weighted by molar-refractivity contribution is 4.67. The van der Waals surface area contributed by atoms with Crippen molar-refractivity contribution in [2.45, 2.75) is 19.3 Å². The molecule has 0 atom stereocenters. The lowest BCUT2D eigenvalue weighted by molar-refractivity contribution is 0.193. The molecule has 0 fully saturated rings. The summed E-state index contributed by atoms with van der Waals surface area (Å²) in [5.41, 5.74) is 0. The van der Waals surface area contributed by atoms with Gasteiger partial charge in [0.25, 0.3) is 0 Å². The highest BCUT2D eigenvalue weighted by Crippen LogP contribution is 1.91. The summed E-state index contributed by atoms with van der Waals surface area (Å²) in [6.45, 7) is 0.779. The first-order chi connectivity index (χ1) is 3.91. The van der Waals surface area contributed by atoms with Crippen LogP contribution in [0.1, 0.15) is 19.3 Å². The minimum Gasteiger partial charge on any atom is -0.385 e. The van der Waals surface area contributed by atoms with Crippen molar-refractivity contribution in [3.8, 4) is 6.07 Å². The molecule has 0 aromatic carbocycles. The van der Waals surface area contributed by atoms with Crippen LogP contribution in [-0.4, -0.2) is 13.7 Å². The zero-order valence-electron chi connectivity index (χ0n) is 5.18. The molecule has 46 valence electrons. The number of methoxy groups -OCH3 is 1. The van der Waals surface area contributed by atoms with Gasteiger partial charge >= 0.3 is 0 Å². The molecular formula is C6H11NO. The minimum atomic E-state index is 0.656. The van der Waals surface area contributed by atoms with Gasteiger partial charge in [-0.15, -0.1) is 0 Å². The Morgan fingerprint density at radius 3 is 2.75 bits per heavy atom. The fourth-order valence-electron chi connectivity index (χ4n) is 0.450. The summed E-state index contributed by atoms with van der Waals surface area (Å²) in [5, 5.41) is 8.07. The van der Waals surface area contributed by atoms with E-state index < -0.39 is 0 Å². The van der Waals surface area contributed by atoms with Crippen molar-refractivity contribution >= 4 is 0 Å². The molecule has 0 heterocycles. The fraction of sp³-hybridized carbons (Fsp3) is 0.833.